The van der Waals surface area contributed by atoms with E-state index in [9.17, 15) is 18.0 Å². The molecule has 4 saturated carbocycles. The number of anilines is 1. The van der Waals surface area contributed by atoms with Gasteiger partial charge in [0, 0.05) is 43.5 Å². The molecule has 250 valence electrons. The second-order valence-electron chi connectivity index (χ2n) is 13.8. The molecular weight excluding hydrogens is 628 g/mol. The lowest BCUT2D eigenvalue weighted by molar-refractivity contribution is -0.0391. The number of pyridine rings is 1. The summed E-state index contributed by atoms with van der Waals surface area (Å²) in [5.41, 5.74) is 1.61. The van der Waals surface area contributed by atoms with Crippen LogP contribution in [0.4, 0.5) is 5.82 Å². The van der Waals surface area contributed by atoms with Crippen molar-refractivity contribution >= 4 is 27.7 Å². The Bertz CT molecular complexity index is 1830. The van der Waals surface area contributed by atoms with Crippen molar-refractivity contribution in [3.8, 4) is 17.6 Å². The standard InChI is InChI=1S/C36H40N6O5S/c1-2-47-30-18-25(22-37-23-30)7-8-29-5-3-4-6-31(29)35(44)42-13-11-41(12-14-42)33-10-9-32(38-39-33)34(43)40-48(45,46)24-36-19-26-15-27(20-36)17-28(16-26)21-36/h3-6,9-10,18,22-23,26-28H,2,11-17,19-21,24H2,1H3,(H,40,43). The third kappa shape index (κ3) is 7.02. The van der Waals surface area contributed by atoms with Gasteiger partial charge in [-0.05, 0) is 98.9 Å². The number of sulfonamides is 1. The fourth-order valence-electron chi connectivity index (χ4n) is 8.67. The Balaban J connectivity index is 0.941. The summed E-state index contributed by atoms with van der Waals surface area (Å²) in [4.78, 5) is 34.4. The second kappa shape index (κ2) is 13.2. The fourth-order valence-corrected chi connectivity index (χ4v) is 10.3. The summed E-state index contributed by atoms with van der Waals surface area (Å²) < 4.78 is 34.0. The maximum atomic E-state index is 13.5. The first-order chi connectivity index (χ1) is 23.2. The molecule has 0 unspecified atom stereocenters. The number of hydrogen-bond donors (Lipinski definition) is 1. The van der Waals surface area contributed by atoms with Crippen molar-refractivity contribution in [3.63, 3.8) is 0 Å². The fraction of sp³-hybridized carbons (Fsp3) is 0.472. The Hall–Kier alpha value is -4.50. The van der Waals surface area contributed by atoms with Crippen molar-refractivity contribution in [1.82, 2.24) is 24.8 Å². The van der Waals surface area contributed by atoms with Gasteiger partial charge >= 0.3 is 0 Å². The number of piperazine rings is 1. The Labute approximate surface area is 281 Å². The summed E-state index contributed by atoms with van der Waals surface area (Å²) in [6.45, 7) is 4.42. The van der Waals surface area contributed by atoms with Crippen LogP contribution in [0.15, 0.2) is 54.9 Å². The maximum absolute atomic E-state index is 13.5. The topological polar surface area (TPSA) is 135 Å². The smallest absolute Gasteiger partial charge is 0.285 e. The lowest BCUT2D eigenvalue weighted by atomic mass is 9.50. The summed E-state index contributed by atoms with van der Waals surface area (Å²) in [7, 11) is -3.82. The van der Waals surface area contributed by atoms with Crippen molar-refractivity contribution < 1.29 is 22.7 Å². The predicted octanol–water partition coefficient (Wildman–Crippen LogP) is 3.91. The van der Waals surface area contributed by atoms with Gasteiger partial charge < -0.3 is 14.5 Å². The van der Waals surface area contributed by atoms with E-state index in [1.165, 1.54) is 25.3 Å². The van der Waals surface area contributed by atoms with Gasteiger partial charge in [0.05, 0.1) is 24.1 Å². The summed E-state index contributed by atoms with van der Waals surface area (Å²) in [6.07, 6.45) is 9.83. The molecule has 12 heteroatoms. The molecule has 5 fully saturated rings. The summed E-state index contributed by atoms with van der Waals surface area (Å²) in [5, 5.41) is 8.29. The van der Waals surface area contributed by atoms with Crippen LogP contribution in [-0.4, -0.2) is 78.9 Å². The first-order valence-electron chi connectivity index (χ1n) is 16.8. The van der Waals surface area contributed by atoms with Gasteiger partial charge in [-0.15, -0.1) is 10.2 Å². The first-order valence-corrected chi connectivity index (χ1v) is 18.4. The first kappa shape index (κ1) is 32.1. The van der Waals surface area contributed by atoms with Crippen molar-refractivity contribution in [2.24, 2.45) is 23.2 Å². The minimum absolute atomic E-state index is 0.000617. The Morgan fingerprint density at radius 2 is 1.65 bits per heavy atom. The van der Waals surface area contributed by atoms with E-state index < -0.39 is 15.9 Å². The SMILES string of the molecule is CCOc1cncc(C#Cc2ccccc2C(=O)N2CCN(c3ccc(C(=O)NS(=O)(=O)CC45CC6CC(CC(C6)C4)C5)nn3)CC2)c1. The number of ether oxygens (including phenoxy) is 1. The lowest BCUT2D eigenvalue weighted by Crippen LogP contribution is -2.51. The van der Waals surface area contributed by atoms with Crippen LogP contribution in [0.5, 0.6) is 5.75 Å². The van der Waals surface area contributed by atoms with Gasteiger partial charge in [0.1, 0.15) is 5.75 Å². The van der Waals surface area contributed by atoms with Gasteiger partial charge in [0.15, 0.2) is 11.5 Å². The number of carbonyl (C=O) groups is 2. The zero-order valence-electron chi connectivity index (χ0n) is 27.1. The van der Waals surface area contributed by atoms with E-state index in [0.717, 1.165) is 19.3 Å². The molecule has 1 N–H and O–H groups in total. The minimum Gasteiger partial charge on any atom is -0.492 e. The Morgan fingerprint density at radius 1 is 0.938 bits per heavy atom. The number of nitrogens with one attached hydrogen (secondary N) is 1. The molecule has 1 aromatic carbocycles. The quantitative estimate of drug-likeness (QED) is 0.355. The van der Waals surface area contributed by atoms with Crippen LogP contribution in [0.3, 0.4) is 0 Å². The number of nitrogens with zero attached hydrogens (tertiary/aromatic N) is 5. The molecule has 5 aliphatic rings. The number of benzene rings is 1. The molecular formula is C36H40N6O5S. The molecule has 0 atom stereocenters. The third-order valence-electron chi connectivity index (χ3n) is 10.2. The van der Waals surface area contributed by atoms with E-state index in [0.29, 0.717) is 78.8 Å². The molecule has 2 aromatic heterocycles. The van der Waals surface area contributed by atoms with Gasteiger partial charge in [0.25, 0.3) is 11.8 Å². The highest BCUT2D eigenvalue weighted by Gasteiger charge is 2.52. The largest absolute Gasteiger partial charge is 0.492 e. The Kier molecular flexibility index (Phi) is 8.81. The number of rotatable bonds is 8. The minimum atomic E-state index is -3.82. The average Bonchev–Trinajstić information content (AvgIpc) is 3.06. The van der Waals surface area contributed by atoms with Crippen LogP contribution < -0.4 is 14.4 Å². The zero-order chi connectivity index (χ0) is 33.3. The van der Waals surface area contributed by atoms with Gasteiger partial charge in [-0.3, -0.25) is 14.6 Å². The average molecular weight is 669 g/mol. The lowest BCUT2D eigenvalue weighted by Gasteiger charge is -2.56. The molecule has 8 rings (SSSR count). The number of hydrogen-bond acceptors (Lipinski definition) is 9. The Morgan fingerprint density at radius 3 is 2.31 bits per heavy atom. The summed E-state index contributed by atoms with van der Waals surface area (Å²) >= 11 is 0. The third-order valence-corrected chi connectivity index (χ3v) is 11.7. The van der Waals surface area contributed by atoms with Crippen molar-refractivity contribution in [2.45, 2.75) is 45.4 Å². The molecule has 11 nitrogen and oxygen atoms in total. The normalized spacial score (nSPS) is 24.5. The maximum Gasteiger partial charge on any atom is 0.285 e. The highest BCUT2D eigenvalue weighted by Crippen LogP contribution is 2.60. The molecule has 4 bridgehead atoms. The monoisotopic (exact) mass is 668 g/mol. The van der Waals surface area contributed by atoms with Gasteiger partial charge in [-0.2, -0.15) is 0 Å². The number of aromatic nitrogens is 3. The molecule has 0 radical (unpaired) electrons. The van der Waals surface area contributed by atoms with Crippen LogP contribution in [0.1, 0.15) is 77.4 Å². The summed E-state index contributed by atoms with van der Waals surface area (Å²) in [6, 6.07) is 12.3. The number of amides is 2. The van der Waals surface area contributed by atoms with E-state index in [2.05, 4.69) is 31.7 Å². The second-order valence-corrected chi connectivity index (χ2v) is 15.5. The number of carbonyl (C=O) groups excluding carboxylic acids is 2. The zero-order valence-corrected chi connectivity index (χ0v) is 27.9. The van der Waals surface area contributed by atoms with Crippen molar-refractivity contribution in [2.75, 3.05) is 43.4 Å². The van der Waals surface area contributed by atoms with Crippen molar-refractivity contribution in [1.29, 1.82) is 0 Å². The molecule has 3 heterocycles. The van der Waals surface area contributed by atoms with Crippen LogP contribution in [-0.2, 0) is 10.0 Å². The van der Waals surface area contributed by atoms with Crippen LogP contribution in [0.2, 0.25) is 0 Å². The molecule has 2 amide bonds. The van der Waals surface area contributed by atoms with E-state index in [4.69, 9.17) is 4.74 Å². The van der Waals surface area contributed by atoms with Crippen LogP contribution in [0.25, 0.3) is 0 Å². The van der Waals surface area contributed by atoms with Crippen LogP contribution >= 0.6 is 0 Å². The van der Waals surface area contributed by atoms with E-state index in [-0.39, 0.29) is 22.8 Å². The molecule has 3 aromatic rings. The van der Waals surface area contributed by atoms with E-state index in [1.54, 1.807) is 29.4 Å². The predicted molar refractivity (Wildman–Crippen MR) is 180 cm³/mol. The van der Waals surface area contributed by atoms with Gasteiger partial charge in [-0.25, -0.2) is 13.1 Å². The molecule has 48 heavy (non-hydrogen) atoms. The van der Waals surface area contributed by atoms with Gasteiger partial charge in [-0.1, -0.05) is 24.0 Å². The highest BCUT2D eigenvalue weighted by atomic mass is 32.2. The molecule has 4 aliphatic carbocycles. The van der Waals surface area contributed by atoms with E-state index in [1.807, 2.05) is 36.1 Å². The molecule has 1 saturated heterocycles. The van der Waals surface area contributed by atoms with Gasteiger partial charge in [0.2, 0.25) is 10.0 Å². The van der Waals surface area contributed by atoms with Crippen molar-refractivity contribution in [3.05, 3.63) is 77.2 Å². The molecule has 0 spiro atoms. The highest BCUT2D eigenvalue weighted by molar-refractivity contribution is 7.90. The van der Waals surface area contributed by atoms with E-state index >= 15 is 0 Å². The summed E-state index contributed by atoms with van der Waals surface area (Å²) in [5.74, 6) is 8.45. The molecule has 1 aliphatic heterocycles. The van der Waals surface area contributed by atoms with Crippen LogP contribution in [0, 0.1) is 35.0 Å².